The molecule has 4 nitrogen and oxygen atoms in total. The first kappa shape index (κ1) is 9.95. The highest BCUT2D eigenvalue weighted by Gasteiger charge is 2.27. The van der Waals surface area contributed by atoms with Crippen LogP contribution in [0.1, 0.15) is 13.8 Å². The van der Waals surface area contributed by atoms with Crippen LogP contribution in [0.4, 0.5) is 0 Å². The average molecular weight is 192 g/mol. The fourth-order valence-electron chi connectivity index (χ4n) is 1.51. The number of hydrogen-bond donors (Lipinski definition) is 1. The van der Waals surface area contributed by atoms with Gasteiger partial charge in [-0.2, -0.15) is 4.31 Å². The van der Waals surface area contributed by atoms with Crippen molar-refractivity contribution < 1.29 is 8.42 Å². The third kappa shape index (κ3) is 1.97. The second kappa shape index (κ2) is 3.72. The second-order valence-corrected chi connectivity index (χ2v) is 5.11. The van der Waals surface area contributed by atoms with E-state index >= 15 is 0 Å². The summed E-state index contributed by atoms with van der Waals surface area (Å²) in [6.45, 7) is 5.71. The minimum Gasteiger partial charge on any atom is -0.314 e. The maximum atomic E-state index is 11.5. The first-order chi connectivity index (χ1) is 5.58. The van der Waals surface area contributed by atoms with E-state index < -0.39 is 10.0 Å². The van der Waals surface area contributed by atoms with Crippen molar-refractivity contribution >= 4 is 10.0 Å². The lowest BCUT2D eigenvalue weighted by Crippen LogP contribution is -2.40. The summed E-state index contributed by atoms with van der Waals surface area (Å²) in [5, 5.41) is 3.10. The van der Waals surface area contributed by atoms with Crippen molar-refractivity contribution in [1.29, 1.82) is 0 Å². The van der Waals surface area contributed by atoms with E-state index in [1.165, 1.54) is 0 Å². The van der Waals surface area contributed by atoms with Crippen molar-refractivity contribution in [1.82, 2.24) is 9.62 Å². The quantitative estimate of drug-likeness (QED) is 0.616. The first-order valence-electron chi connectivity index (χ1n) is 4.28. The van der Waals surface area contributed by atoms with Crippen LogP contribution in [0.25, 0.3) is 0 Å². The predicted molar refractivity (Wildman–Crippen MR) is 48.5 cm³/mol. The molecule has 0 aromatic rings. The Labute approximate surface area is 74.0 Å². The molecule has 5 heteroatoms. The summed E-state index contributed by atoms with van der Waals surface area (Å²) >= 11 is 0. The summed E-state index contributed by atoms with van der Waals surface area (Å²) in [5.41, 5.74) is 0. The van der Waals surface area contributed by atoms with Crippen LogP contribution < -0.4 is 5.32 Å². The topological polar surface area (TPSA) is 49.4 Å². The van der Waals surface area contributed by atoms with Gasteiger partial charge < -0.3 is 5.32 Å². The molecule has 0 radical (unpaired) electrons. The zero-order valence-electron chi connectivity index (χ0n) is 7.58. The molecular formula is C7H16N2O2S. The number of likely N-dealkylation sites (N-methyl/N-ethyl adjacent to an activating group) is 1. The Morgan fingerprint density at radius 1 is 1.58 bits per heavy atom. The third-order valence-corrected chi connectivity index (χ3v) is 4.19. The second-order valence-electron chi connectivity index (χ2n) is 3.07. The van der Waals surface area contributed by atoms with Gasteiger partial charge in [-0.3, -0.25) is 0 Å². The monoisotopic (exact) mass is 192 g/mol. The highest BCUT2D eigenvalue weighted by molar-refractivity contribution is 7.89. The third-order valence-electron chi connectivity index (χ3n) is 2.14. The summed E-state index contributed by atoms with van der Waals surface area (Å²) in [7, 11) is -2.99. The van der Waals surface area contributed by atoms with Crippen LogP contribution in [0.2, 0.25) is 0 Å². The molecular weight excluding hydrogens is 176 g/mol. The van der Waals surface area contributed by atoms with Crippen LogP contribution in [0.3, 0.4) is 0 Å². The minimum absolute atomic E-state index is 0.0856. The SMILES string of the molecule is CCN1C(C)CNCCS1(=O)=O. The Bertz CT molecular complexity index is 238. The van der Waals surface area contributed by atoms with Gasteiger partial charge in [0.05, 0.1) is 5.75 Å². The zero-order chi connectivity index (χ0) is 9.19. The Morgan fingerprint density at radius 3 is 2.83 bits per heavy atom. The number of hydrogen-bond acceptors (Lipinski definition) is 3. The summed E-state index contributed by atoms with van der Waals surface area (Å²) in [5.74, 6) is 0.227. The number of rotatable bonds is 1. The van der Waals surface area contributed by atoms with Crippen LogP contribution in [0, 0.1) is 0 Å². The van der Waals surface area contributed by atoms with Gasteiger partial charge in [0, 0.05) is 25.7 Å². The summed E-state index contributed by atoms with van der Waals surface area (Å²) in [6, 6.07) is 0.0856. The Morgan fingerprint density at radius 2 is 2.25 bits per heavy atom. The lowest BCUT2D eigenvalue weighted by atomic mass is 10.3. The van der Waals surface area contributed by atoms with Gasteiger partial charge in [-0.05, 0) is 6.92 Å². The molecule has 0 aliphatic carbocycles. The normalized spacial score (nSPS) is 31.3. The van der Waals surface area contributed by atoms with Gasteiger partial charge in [-0.1, -0.05) is 6.92 Å². The molecule has 1 rings (SSSR count). The molecule has 72 valence electrons. The van der Waals surface area contributed by atoms with Gasteiger partial charge in [-0.15, -0.1) is 0 Å². The Kier molecular flexibility index (Phi) is 3.09. The predicted octanol–water partition coefficient (Wildman–Crippen LogP) is -0.370. The molecule has 0 amide bonds. The van der Waals surface area contributed by atoms with Crippen molar-refractivity contribution in [2.45, 2.75) is 19.9 Å². The fourth-order valence-corrected chi connectivity index (χ4v) is 3.17. The van der Waals surface area contributed by atoms with Crippen molar-refractivity contribution in [3.8, 4) is 0 Å². The van der Waals surface area contributed by atoms with E-state index in [1.54, 1.807) is 4.31 Å². The van der Waals surface area contributed by atoms with E-state index in [0.717, 1.165) is 6.54 Å². The van der Waals surface area contributed by atoms with Gasteiger partial charge in [-0.25, -0.2) is 8.42 Å². The van der Waals surface area contributed by atoms with Gasteiger partial charge in [0.25, 0.3) is 0 Å². The highest BCUT2D eigenvalue weighted by atomic mass is 32.2. The maximum Gasteiger partial charge on any atom is 0.215 e. The van der Waals surface area contributed by atoms with Crippen LogP contribution in [-0.2, 0) is 10.0 Å². The standard InChI is InChI=1S/C7H16N2O2S/c1-3-9-7(2)6-8-4-5-12(9,10)11/h7-8H,3-6H2,1-2H3. The molecule has 1 atom stereocenters. The molecule has 0 saturated carbocycles. The zero-order valence-corrected chi connectivity index (χ0v) is 8.39. The maximum absolute atomic E-state index is 11.5. The minimum atomic E-state index is -2.99. The summed E-state index contributed by atoms with van der Waals surface area (Å²) in [4.78, 5) is 0. The van der Waals surface area contributed by atoms with E-state index in [0.29, 0.717) is 13.1 Å². The van der Waals surface area contributed by atoms with E-state index in [-0.39, 0.29) is 11.8 Å². The number of nitrogens with one attached hydrogen (secondary N) is 1. The summed E-state index contributed by atoms with van der Waals surface area (Å²) < 4.78 is 24.6. The molecule has 1 saturated heterocycles. The lowest BCUT2D eigenvalue weighted by Gasteiger charge is -2.23. The number of nitrogens with zero attached hydrogens (tertiary/aromatic N) is 1. The largest absolute Gasteiger partial charge is 0.314 e. The van der Waals surface area contributed by atoms with Gasteiger partial charge in [0.2, 0.25) is 10.0 Å². The smallest absolute Gasteiger partial charge is 0.215 e. The first-order valence-corrected chi connectivity index (χ1v) is 5.89. The molecule has 1 fully saturated rings. The molecule has 12 heavy (non-hydrogen) atoms. The van der Waals surface area contributed by atoms with Crippen LogP contribution in [0.5, 0.6) is 0 Å². The van der Waals surface area contributed by atoms with E-state index in [2.05, 4.69) is 5.32 Å². The molecule has 0 aromatic heterocycles. The molecule has 1 aliphatic rings. The molecule has 1 N–H and O–H groups in total. The molecule has 0 spiro atoms. The van der Waals surface area contributed by atoms with Gasteiger partial charge in [0.15, 0.2) is 0 Å². The Hall–Kier alpha value is -0.130. The molecule has 0 aromatic carbocycles. The average Bonchev–Trinajstić information content (AvgIpc) is 2.09. The van der Waals surface area contributed by atoms with Crippen molar-refractivity contribution in [2.24, 2.45) is 0 Å². The van der Waals surface area contributed by atoms with Crippen molar-refractivity contribution in [3.63, 3.8) is 0 Å². The van der Waals surface area contributed by atoms with Crippen molar-refractivity contribution in [2.75, 3.05) is 25.4 Å². The van der Waals surface area contributed by atoms with Crippen LogP contribution in [0.15, 0.2) is 0 Å². The van der Waals surface area contributed by atoms with E-state index in [9.17, 15) is 8.42 Å². The molecule has 1 unspecified atom stereocenters. The van der Waals surface area contributed by atoms with Gasteiger partial charge in [0.1, 0.15) is 0 Å². The summed E-state index contributed by atoms with van der Waals surface area (Å²) in [6.07, 6.45) is 0. The van der Waals surface area contributed by atoms with E-state index in [4.69, 9.17) is 0 Å². The fraction of sp³-hybridized carbons (Fsp3) is 1.00. The molecule has 1 heterocycles. The van der Waals surface area contributed by atoms with Gasteiger partial charge >= 0.3 is 0 Å². The Balaban J connectivity index is 2.85. The molecule has 1 aliphatic heterocycles. The van der Waals surface area contributed by atoms with Crippen molar-refractivity contribution in [3.05, 3.63) is 0 Å². The van der Waals surface area contributed by atoms with E-state index in [1.807, 2.05) is 13.8 Å². The number of sulfonamides is 1. The highest BCUT2D eigenvalue weighted by Crippen LogP contribution is 2.08. The molecule has 0 bridgehead atoms. The van der Waals surface area contributed by atoms with Crippen LogP contribution in [-0.4, -0.2) is 44.2 Å². The van der Waals surface area contributed by atoms with Crippen LogP contribution >= 0.6 is 0 Å². The lowest BCUT2D eigenvalue weighted by molar-refractivity contribution is 0.352.